The number of hydrogen-bond acceptors (Lipinski definition) is 26. The molecule has 39 atom stereocenters. The largest absolute Gasteiger partial charge is 0.462 e. The van der Waals surface area contributed by atoms with Crippen LogP contribution in [-0.2, 0) is 104 Å². The fourth-order valence-electron chi connectivity index (χ4n) is 22.2. The standard InChI is InChI=1S/C51H76O13.C50H74O13/c1-12-15-38-33(8)58-42(24-40(38)55-10)62-47-34(9)59-43(25-41(47)56-11)61-45-29(4)16-14-17-35-27-57-48-44(52)32(7)22-39(51(35,48)54)49(53)60-37-23-36(19-18-30(45)5)63-50(26-37)21-20-31(6)46(64-50)28(3)13-2;1-12-14-37-32(8)57-41(23-39(37)54-10)61-46-33(9)58-42(24-40(46)55-11)60-45-28(4)15-13-16-34-26-56-47-43(51)31(7)21-38(50(34,47)53)48(52)59-36-22-35(18-17-29(45)5)62-49(25-36)20-19-30(6)44(63-49)27(2)3/h12,14,16-18,20-22,28-29,31,33-34,36-48,52,54H,1,13,15,19,23-27H2,2-11H3;12-13,15-17,19-21,27-28,30,32-33,35-47,51,53H,1,14,18,22-26H2,2-11H3/b16-14+,30-18+,35-17+;15-13+,29-17+,34-16+/t28-,29-,31-,33-,34-,36+,37-,38-,39-,40-,41-,42-,43-,44+,45-,46+,47-,48+,50+,51+;28-,30-,32-,33-,35+,36-,37-,38-,39-,40-,41-,42-,43+,44+,45-,46-,47+,49+,50+/m00/s1. The number of esters is 2. The molecule has 4 N–H and O–H groups in total. The highest BCUT2D eigenvalue weighted by atomic mass is 16.8. The third-order valence-corrected chi connectivity index (χ3v) is 29.8. The van der Waals surface area contributed by atoms with Gasteiger partial charge in [-0.2, -0.15) is 0 Å². The van der Waals surface area contributed by atoms with Crippen LogP contribution in [0, 0.1) is 59.2 Å². The fraction of sp³-hybridized carbons (Fsp3) is 0.743. The van der Waals surface area contributed by atoms with Crippen molar-refractivity contribution in [1.82, 2.24) is 0 Å². The molecule has 0 saturated carbocycles. The molecule has 26 heteroatoms. The van der Waals surface area contributed by atoms with E-state index in [-0.39, 0.29) is 134 Å². The van der Waals surface area contributed by atoms with Gasteiger partial charge < -0.3 is 115 Å². The van der Waals surface area contributed by atoms with Crippen molar-refractivity contribution < 1.29 is 125 Å². The molecular formula is C101H150O26. The van der Waals surface area contributed by atoms with E-state index >= 15 is 0 Å². The molecule has 0 aromatic carbocycles. The zero-order valence-electron chi connectivity index (χ0n) is 78.8. The molecule has 8 saturated heterocycles. The second-order valence-electron chi connectivity index (χ2n) is 39.2. The van der Waals surface area contributed by atoms with Crippen molar-refractivity contribution in [3.05, 3.63) is 144 Å². The molecule has 8 fully saturated rings. The van der Waals surface area contributed by atoms with Gasteiger partial charge in [-0.1, -0.05) is 147 Å². The van der Waals surface area contributed by atoms with Gasteiger partial charge in [0.15, 0.2) is 36.7 Å². The summed E-state index contributed by atoms with van der Waals surface area (Å²) in [5.41, 5.74) is 0.352. The Kier molecular flexibility index (Phi) is 33.4. The third-order valence-electron chi connectivity index (χ3n) is 29.8. The summed E-state index contributed by atoms with van der Waals surface area (Å²) in [7, 11) is 6.83. The van der Waals surface area contributed by atoms with Crippen LogP contribution in [-0.4, -0.2) is 256 Å². The highest BCUT2D eigenvalue weighted by Crippen LogP contribution is 2.51. The number of carbonyl (C=O) groups excluding carboxylic acids is 2. The van der Waals surface area contributed by atoms with Crippen LogP contribution in [0.3, 0.4) is 0 Å². The first-order valence-corrected chi connectivity index (χ1v) is 47.1. The lowest BCUT2D eigenvalue weighted by atomic mass is 9.71. The van der Waals surface area contributed by atoms with Gasteiger partial charge in [0, 0.05) is 115 Å². The molecule has 0 aromatic rings. The van der Waals surface area contributed by atoms with E-state index in [1.54, 1.807) is 66.6 Å². The number of aliphatic hydroxyl groups is 4. The van der Waals surface area contributed by atoms with E-state index in [4.69, 9.17) is 94.7 Å². The second kappa shape index (κ2) is 42.7. The number of allylic oxidation sites excluding steroid dienone is 6. The molecule has 12 aliphatic heterocycles. The molecule has 2 aliphatic carbocycles. The quantitative estimate of drug-likeness (QED) is 0.0690. The second-order valence-corrected chi connectivity index (χ2v) is 39.2. The summed E-state index contributed by atoms with van der Waals surface area (Å²) in [6, 6.07) is 0. The minimum absolute atomic E-state index is 0.0304. The lowest BCUT2D eigenvalue weighted by Crippen LogP contribution is -2.58. The predicted octanol–water partition coefficient (Wildman–Crippen LogP) is 14.0. The van der Waals surface area contributed by atoms with E-state index in [1.165, 1.54) is 0 Å². The molecule has 14 rings (SSSR count). The molecule has 0 radical (unpaired) electrons. The summed E-state index contributed by atoms with van der Waals surface area (Å²) in [6.45, 7) is 40.7. The van der Waals surface area contributed by atoms with Gasteiger partial charge in [0.25, 0.3) is 0 Å². The van der Waals surface area contributed by atoms with E-state index in [9.17, 15) is 30.0 Å². The van der Waals surface area contributed by atoms with Crippen LogP contribution in [0.5, 0.6) is 0 Å². The number of methoxy groups -OCH3 is 4. The Labute approximate surface area is 754 Å². The molecule has 4 bridgehead atoms. The summed E-state index contributed by atoms with van der Waals surface area (Å²) in [5, 5.41) is 47.5. The van der Waals surface area contributed by atoms with Gasteiger partial charge in [0.05, 0.1) is 98.7 Å². The molecule has 710 valence electrons. The van der Waals surface area contributed by atoms with Crippen LogP contribution < -0.4 is 0 Å². The van der Waals surface area contributed by atoms with Gasteiger partial charge in [0.1, 0.15) is 71.9 Å². The van der Waals surface area contributed by atoms with Gasteiger partial charge >= 0.3 is 11.9 Å². The summed E-state index contributed by atoms with van der Waals surface area (Å²) in [6.07, 6.45) is 26.1. The van der Waals surface area contributed by atoms with Crippen LogP contribution in [0.15, 0.2) is 144 Å². The van der Waals surface area contributed by atoms with E-state index in [2.05, 4.69) is 121 Å². The highest BCUT2D eigenvalue weighted by molar-refractivity contribution is 5.79. The van der Waals surface area contributed by atoms with Gasteiger partial charge in [-0.25, -0.2) is 0 Å². The van der Waals surface area contributed by atoms with Crippen molar-refractivity contribution in [2.24, 2.45) is 59.2 Å². The van der Waals surface area contributed by atoms with Gasteiger partial charge in [-0.05, 0) is 138 Å². The Morgan fingerprint density at radius 1 is 0.480 bits per heavy atom. The van der Waals surface area contributed by atoms with Gasteiger partial charge in [0.2, 0.25) is 0 Å². The van der Waals surface area contributed by atoms with Crippen molar-refractivity contribution in [1.29, 1.82) is 0 Å². The van der Waals surface area contributed by atoms with Crippen LogP contribution >= 0.6 is 0 Å². The van der Waals surface area contributed by atoms with Crippen molar-refractivity contribution in [3.8, 4) is 0 Å². The van der Waals surface area contributed by atoms with Crippen LogP contribution in [0.25, 0.3) is 0 Å². The Morgan fingerprint density at radius 2 is 0.858 bits per heavy atom. The number of ether oxygens (including phenoxy) is 20. The monoisotopic (exact) mass is 1780 g/mol. The van der Waals surface area contributed by atoms with E-state index in [1.807, 2.05) is 62.5 Å². The van der Waals surface area contributed by atoms with Crippen molar-refractivity contribution in [2.45, 2.75) is 376 Å². The summed E-state index contributed by atoms with van der Waals surface area (Å²) >= 11 is 0. The average Bonchev–Trinajstić information content (AvgIpc) is 1.59. The summed E-state index contributed by atoms with van der Waals surface area (Å²) < 4.78 is 129. The fourth-order valence-corrected chi connectivity index (χ4v) is 22.2. The smallest absolute Gasteiger partial charge is 0.316 e. The average molecular weight is 1780 g/mol. The first-order chi connectivity index (χ1) is 60.5. The molecular weight excluding hydrogens is 1630 g/mol. The number of rotatable bonds is 19. The first-order valence-electron chi connectivity index (χ1n) is 47.1. The molecule has 0 unspecified atom stereocenters. The lowest BCUT2D eigenvalue weighted by molar-refractivity contribution is -0.315. The minimum atomic E-state index is -1.83. The molecule has 26 nitrogen and oxygen atoms in total. The SMILES string of the molecule is C=CC[C@H]1[C@H](C)O[C@@H](O[C@H]2[C@H](C)O[C@@H](O[C@@H]3/C(C)=C/C[C@@H]4C[C@@H](C[C@]5(C=C[C@H](C)[C@@H](C(C)C)O5)O4)OC(=O)[C@@H]4C=C(C)[C@@H](O)[C@H]5OC/C(=C\C=C\[C@@H]3C)[C@]54O)C[C@@H]2OC)C[C@@H]1OC.C=CC[C@H]1[C@H](C)O[C@@H](O[C@H]2[C@H](C)O[C@@H](O[C@@H]3/C(C)=C/C[C@@H]4C[C@@H](C[C@]5(C=C[C@H](C)[C@@H]([C@@H](C)CC)O5)O4)OC(=O)[C@@H]4C=C(C)[C@@H](O)[C@H]5OC/C(=C\C=C\[C@@H]3C)[C@]54O)C[C@@H]2OC)C[C@@H]1OC. The molecule has 12 heterocycles. The number of hydrogen-bond donors (Lipinski definition) is 4. The number of carbonyl (C=O) groups is 2. The van der Waals surface area contributed by atoms with Gasteiger partial charge in [-0.3, -0.25) is 9.59 Å². The maximum Gasteiger partial charge on any atom is 0.316 e. The Hall–Kier alpha value is -5.06. The van der Waals surface area contributed by atoms with E-state index in [0.717, 1.165) is 30.4 Å². The van der Waals surface area contributed by atoms with Crippen LogP contribution in [0.1, 0.15) is 194 Å². The van der Waals surface area contributed by atoms with E-state index in [0.29, 0.717) is 86.5 Å². The molecule has 0 amide bonds. The molecule has 2 spiro atoms. The molecule has 0 aromatic heterocycles. The summed E-state index contributed by atoms with van der Waals surface area (Å²) in [4.78, 5) is 28.7. The van der Waals surface area contributed by atoms with Gasteiger partial charge in [-0.15, -0.1) is 13.2 Å². The first kappa shape index (κ1) is 99.4. The van der Waals surface area contributed by atoms with Crippen molar-refractivity contribution in [2.75, 3.05) is 41.7 Å². The van der Waals surface area contributed by atoms with Crippen molar-refractivity contribution in [3.63, 3.8) is 0 Å². The molecule has 127 heavy (non-hydrogen) atoms. The Morgan fingerprint density at radius 3 is 1.24 bits per heavy atom. The number of aliphatic hydroxyl groups excluding tert-OH is 2. The minimum Gasteiger partial charge on any atom is -0.462 e. The highest BCUT2D eigenvalue weighted by Gasteiger charge is 2.63. The van der Waals surface area contributed by atoms with Crippen LogP contribution in [0.4, 0.5) is 0 Å². The number of fused-ring (bicyclic) bond motifs is 4. The summed E-state index contributed by atoms with van der Waals surface area (Å²) in [5.74, 6) is -4.70. The van der Waals surface area contributed by atoms with E-state index < -0.39 is 133 Å². The van der Waals surface area contributed by atoms with Crippen molar-refractivity contribution >= 4 is 11.9 Å². The Balaban J connectivity index is 0.000000217. The predicted molar refractivity (Wildman–Crippen MR) is 475 cm³/mol. The zero-order chi connectivity index (χ0) is 91.5. The normalized spacial score (nSPS) is 48.0. The van der Waals surface area contributed by atoms with Crippen LogP contribution in [0.2, 0.25) is 0 Å². The topological polar surface area (TPSA) is 300 Å². The Bertz CT molecular complexity index is 4070. The maximum absolute atomic E-state index is 14.4. The lowest BCUT2D eigenvalue weighted by Gasteiger charge is -2.48. The third kappa shape index (κ3) is 21.7. The zero-order valence-corrected chi connectivity index (χ0v) is 78.8. The molecule has 14 aliphatic rings. The maximum atomic E-state index is 14.4.